The Balaban J connectivity index is 0.00000210. The number of ether oxygens (including phenoxy) is 2. The summed E-state index contributed by atoms with van der Waals surface area (Å²) in [5.41, 5.74) is 0. The third kappa shape index (κ3) is 5.84. The van der Waals surface area contributed by atoms with E-state index in [1.165, 1.54) is 12.8 Å². The molecule has 1 aromatic heterocycles. The largest absolute Gasteiger partial charge is 0.469 e. The minimum Gasteiger partial charge on any atom is -0.469 e. The average molecular weight is 489 g/mol. The van der Waals surface area contributed by atoms with Crippen LogP contribution in [-0.4, -0.2) is 63.0 Å². The van der Waals surface area contributed by atoms with Crippen LogP contribution in [0, 0.1) is 11.8 Å². The first-order valence-electron chi connectivity index (χ1n) is 10.1. The lowest BCUT2D eigenvalue weighted by atomic mass is 9.88. The number of likely N-dealkylation sites (tertiary alicyclic amines) is 1. The van der Waals surface area contributed by atoms with E-state index >= 15 is 0 Å². The fraction of sp³-hybridized carbons (Fsp3) is 0.750. The highest BCUT2D eigenvalue weighted by atomic mass is 127. The number of guanidine groups is 1. The Hall–Kier alpha value is -0.800. The van der Waals surface area contributed by atoms with Gasteiger partial charge >= 0.3 is 0 Å². The van der Waals surface area contributed by atoms with Gasteiger partial charge in [0.25, 0.3) is 0 Å². The Kier molecular flexibility index (Phi) is 8.26. The van der Waals surface area contributed by atoms with Gasteiger partial charge in [-0.05, 0) is 37.8 Å². The molecule has 3 fully saturated rings. The maximum Gasteiger partial charge on any atom is 0.193 e. The van der Waals surface area contributed by atoms with E-state index < -0.39 is 0 Å². The molecule has 152 valence electrons. The van der Waals surface area contributed by atoms with Crippen LogP contribution in [0.1, 0.15) is 31.4 Å². The van der Waals surface area contributed by atoms with Crippen LogP contribution in [0.5, 0.6) is 0 Å². The highest BCUT2D eigenvalue weighted by Crippen LogP contribution is 2.28. The van der Waals surface area contributed by atoms with Gasteiger partial charge in [-0.2, -0.15) is 0 Å². The molecule has 0 saturated carbocycles. The molecular weight excluding hydrogens is 457 g/mol. The molecule has 7 heteroatoms. The lowest BCUT2D eigenvalue weighted by Gasteiger charge is -2.42. The average Bonchev–Trinajstić information content (AvgIpc) is 3.38. The van der Waals surface area contributed by atoms with E-state index in [1.807, 2.05) is 12.1 Å². The molecule has 1 N–H and O–H groups in total. The highest BCUT2D eigenvalue weighted by molar-refractivity contribution is 14.0. The van der Waals surface area contributed by atoms with Gasteiger partial charge in [0, 0.05) is 57.6 Å². The van der Waals surface area contributed by atoms with Crippen molar-refractivity contribution in [3.63, 3.8) is 0 Å². The summed E-state index contributed by atoms with van der Waals surface area (Å²) in [6.07, 6.45) is 7.76. The van der Waals surface area contributed by atoms with Crippen LogP contribution < -0.4 is 5.32 Å². The zero-order valence-electron chi connectivity index (χ0n) is 16.0. The zero-order valence-corrected chi connectivity index (χ0v) is 18.3. The van der Waals surface area contributed by atoms with Crippen LogP contribution in [0.2, 0.25) is 0 Å². The van der Waals surface area contributed by atoms with Crippen molar-refractivity contribution in [3.8, 4) is 0 Å². The lowest BCUT2D eigenvalue weighted by Crippen LogP contribution is -2.52. The molecule has 3 atom stereocenters. The Bertz CT molecular complexity index is 575. The minimum atomic E-state index is 0. The summed E-state index contributed by atoms with van der Waals surface area (Å²) >= 11 is 0. The number of piperidine rings is 1. The maximum absolute atomic E-state index is 5.97. The number of fused-ring (bicyclic) bond motifs is 1. The van der Waals surface area contributed by atoms with Crippen LogP contribution in [0.3, 0.4) is 0 Å². The number of hydrogen-bond donors (Lipinski definition) is 1. The second-order valence-corrected chi connectivity index (χ2v) is 7.70. The molecule has 3 aliphatic rings. The molecule has 27 heavy (non-hydrogen) atoms. The van der Waals surface area contributed by atoms with Gasteiger partial charge in [-0.25, -0.2) is 0 Å². The summed E-state index contributed by atoms with van der Waals surface area (Å²) in [5.74, 6) is 3.27. The van der Waals surface area contributed by atoms with Crippen molar-refractivity contribution < 1.29 is 13.9 Å². The molecule has 6 nitrogen and oxygen atoms in total. The van der Waals surface area contributed by atoms with Gasteiger partial charge in [0.15, 0.2) is 5.96 Å². The van der Waals surface area contributed by atoms with Crippen molar-refractivity contribution >= 4 is 29.9 Å². The van der Waals surface area contributed by atoms with Gasteiger partial charge in [-0.3, -0.25) is 4.99 Å². The van der Waals surface area contributed by atoms with Crippen molar-refractivity contribution in [2.75, 3.05) is 46.0 Å². The molecule has 3 saturated heterocycles. The van der Waals surface area contributed by atoms with Crippen LogP contribution in [-0.2, 0) is 15.9 Å². The van der Waals surface area contributed by atoms with Gasteiger partial charge in [0.05, 0.1) is 19.0 Å². The fourth-order valence-electron chi connectivity index (χ4n) is 4.24. The first-order valence-corrected chi connectivity index (χ1v) is 10.1. The first kappa shape index (κ1) is 20.9. The number of rotatable bonds is 5. The van der Waals surface area contributed by atoms with E-state index in [1.54, 1.807) is 6.26 Å². The third-order valence-corrected chi connectivity index (χ3v) is 5.77. The Morgan fingerprint density at radius 1 is 1.26 bits per heavy atom. The summed E-state index contributed by atoms with van der Waals surface area (Å²) in [6.45, 7) is 6.44. The van der Waals surface area contributed by atoms with Gasteiger partial charge in [-0.1, -0.05) is 0 Å². The molecule has 0 aromatic carbocycles. The SMILES string of the molecule is I.c1coc(CCNC(=NCC2CCOC2)N2CCC3OCCCC3C2)c1. The van der Waals surface area contributed by atoms with E-state index in [0.717, 1.165) is 77.0 Å². The van der Waals surface area contributed by atoms with Crippen molar-refractivity contribution in [1.29, 1.82) is 0 Å². The molecule has 0 bridgehead atoms. The quantitative estimate of drug-likeness (QED) is 0.392. The van der Waals surface area contributed by atoms with Gasteiger partial charge in [-0.15, -0.1) is 24.0 Å². The second kappa shape index (κ2) is 10.7. The molecule has 0 spiro atoms. The van der Waals surface area contributed by atoms with Crippen molar-refractivity contribution in [1.82, 2.24) is 10.2 Å². The van der Waals surface area contributed by atoms with Crippen molar-refractivity contribution in [2.45, 2.75) is 38.2 Å². The fourth-order valence-corrected chi connectivity index (χ4v) is 4.24. The van der Waals surface area contributed by atoms with Gasteiger partial charge in [0.2, 0.25) is 0 Å². The summed E-state index contributed by atoms with van der Waals surface area (Å²) in [4.78, 5) is 7.40. The predicted octanol–water partition coefficient (Wildman–Crippen LogP) is 2.92. The van der Waals surface area contributed by atoms with Gasteiger partial charge < -0.3 is 24.1 Å². The first-order chi connectivity index (χ1) is 12.9. The van der Waals surface area contributed by atoms with Crippen molar-refractivity contribution in [2.24, 2.45) is 16.8 Å². The monoisotopic (exact) mass is 489 g/mol. The van der Waals surface area contributed by atoms with Crippen LogP contribution >= 0.6 is 24.0 Å². The summed E-state index contributed by atoms with van der Waals surface area (Å²) in [6, 6.07) is 3.97. The molecular formula is C20H32IN3O3. The lowest BCUT2D eigenvalue weighted by molar-refractivity contribution is -0.0559. The topological polar surface area (TPSA) is 59.2 Å². The predicted molar refractivity (Wildman–Crippen MR) is 116 cm³/mol. The summed E-state index contributed by atoms with van der Waals surface area (Å²) < 4.78 is 16.9. The van der Waals surface area contributed by atoms with E-state index in [4.69, 9.17) is 18.9 Å². The van der Waals surface area contributed by atoms with Crippen LogP contribution in [0.15, 0.2) is 27.8 Å². The van der Waals surface area contributed by atoms with E-state index in [9.17, 15) is 0 Å². The number of nitrogens with one attached hydrogen (secondary N) is 1. The van der Waals surface area contributed by atoms with Crippen molar-refractivity contribution in [3.05, 3.63) is 24.2 Å². The second-order valence-electron chi connectivity index (χ2n) is 7.70. The van der Waals surface area contributed by atoms with Crippen LogP contribution in [0.25, 0.3) is 0 Å². The Morgan fingerprint density at radius 2 is 2.22 bits per heavy atom. The molecule has 0 amide bonds. The molecule has 3 unspecified atom stereocenters. The number of halogens is 1. The highest BCUT2D eigenvalue weighted by Gasteiger charge is 2.33. The zero-order chi connectivity index (χ0) is 17.6. The molecule has 4 heterocycles. The Labute approximate surface area is 179 Å². The van der Waals surface area contributed by atoms with Gasteiger partial charge in [0.1, 0.15) is 5.76 Å². The van der Waals surface area contributed by atoms with E-state index in [2.05, 4.69) is 10.2 Å². The number of aliphatic imine (C=N–C) groups is 1. The number of nitrogens with zero attached hydrogens (tertiary/aromatic N) is 2. The van der Waals surface area contributed by atoms with E-state index in [0.29, 0.717) is 17.9 Å². The smallest absolute Gasteiger partial charge is 0.193 e. The summed E-state index contributed by atoms with van der Waals surface area (Å²) in [7, 11) is 0. The number of furan rings is 1. The molecule has 0 aliphatic carbocycles. The summed E-state index contributed by atoms with van der Waals surface area (Å²) in [5, 5.41) is 3.58. The normalized spacial score (nSPS) is 28.5. The molecule has 0 radical (unpaired) electrons. The Morgan fingerprint density at radius 3 is 3.04 bits per heavy atom. The van der Waals surface area contributed by atoms with E-state index in [-0.39, 0.29) is 24.0 Å². The number of hydrogen-bond acceptors (Lipinski definition) is 4. The molecule has 1 aromatic rings. The molecule has 3 aliphatic heterocycles. The molecule has 4 rings (SSSR count). The minimum absolute atomic E-state index is 0. The van der Waals surface area contributed by atoms with Crippen LogP contribution in [0.4, 0.5) is 0 Å². The third-order valence-electron chi connectivity index (χ3n) is 5.77. The maximum atomic E-state index is 5.97. The standard InChI is InChI=1S/C20H31N3O3.HI/c1-3-17-14-23(9-6-19(17)26-11-1)20(22-13-16-7-12-24-15-16)21-8-5-18-4-2-10-25-18;/h2,4,10,16-17,19H,1,3,5-9,11-15H2,(H,21,22);1H.